The molecule has 27 heavy (non-hydrogen) atoms. The molecule has 7 nitrogen and oxygen atoms in total. The number of amides is 2. The molecule has 0 bridgehead atoms. The highest BCUT2D eigenvalue weighted by Crippen LogP contribution is 2.36. The smallest absolute Gasteiger partial charge is 0.416 e. The number of fused-ring (bicyclic) bond motifs is 1. The Morgan fingerprint density at radius 1 is 1.19 bits per heavy atom. The molecule has 3 rings (SSSR count). The standard InChI is InChI=1S/C20H27NO6/c1-13-9-15-12-27-20(23)21(15)19(22)16(13)10-14-5-6-17(25-3)18(11-14)26-8-4-7-24-2/h5-6,11,13,15-16H,4,7-10,12H2,1-3H3/t13?,15-,16-/m1/s1. The predicted octanol–water partition coefficient (Wildman–Crippen LogP) is 2.66. The minimum atomic E-state index is -0.515. The molecule has 0 N–H and O–H groups in total. The lowest BCUT2D eigenvalue weighted by atomic mass is 9.79. The van der Waals surface area contributed by atoms with Crippen LogP contribution in [0.1, 0.15) is 25.3 Å². The summed E-state index contributed by atoms with van der Waals surface area (Å²) in [6.07, 6.45) is 1.59. The second-order valence-electron chi connectivity index (χ2n) is 7.14. The molecule has 0 saturated carbocycles. The summed E-state index contributed by atoms with van der Waals surface area (Å²) in [7, 11) is 3.26. The van der Waals surface area contributed by atoms with E-state index in [1.807, 2.05) is 18.2 Å². The van der Waals surface area contributed by atoms with Gasteiger partial charge in [0, 0.05) is 26.1 Å². The van der Waals surface area contributed by atoms with Crippen LogP contribution in [-0.4, -0.2) is 57.0 Å². The molecular weight excluding hydrogens is 350 g/mol. The number of methoxy groups -OCH3 is 2. The van der Waals surface area contributed by atoms with Gasteiger partial charge in [0.05, 0.1) is 19.8 Å². The fourth-order valence-corrected chi connectivity index (χ4v) is 3.81. The van der Waals surface area contributed by atoms with Crippen molar-refractivity contribution in [3.63, 3.8) is 0 Å². The Morgan fingerprint density at radius 2 is 2.00 bits per heavy atom. The van der Waals surface area contributed by atoms with Gasteiger partial charge in [-0.15, -0.1) is 0 Å². The maximum absolute atomic E-state index is 12.8. The largest absolute Gasteiger partial charge is 0.493 e. The quantitative estimate of drug-likeness (QED) is 0.649. The van der Waals surface area contributed by atoms with E-state index in [9.17, 15) is 9.59 Å². The van der Waals surface area contributed by atoms with Crippen LogP contribution >= 0.6 is 0 Å². The summed E-state index contributed by atoms with van der Waals surface area (Å²) >= 11 is 0. The van der Waals surface area contributed by atoms with Crippen LogP contribution in [0.3, 0.4) is 0 Å². The third-order valence-corrected chi connectivity index (χ3v) is 5.28. The average Bonchev–Trinajstić information content (AvgIpc) is 3.03. The zero-order chi connectivity index (χ0) is 19.4. The molecule has 148 valence electrons. The van der Waals surface area contributed by atoms with E-state index in [4.69, 9.17) is 18.9 Å². The topological polar surface area (TPSA) is 74.3 Å². The molecule has 3 atom stereocenters. The summed E-state index contributed by atoms with van der Waals surface area (Å²) in [5, 5.41) is 0. The number of imide groups is 1. The van der Waals surface area contributed by atoms with Gasteiger partial charge in [-0.05, 0) is 36.5 Å². The van der Waals surface area contributed by atoms with E-state index < -0.39 is 6.09 Å². The van der Waals surface area contributed by atoms with Crippen molar-refractivity contribution in [2.24, 2.45) is 11.8 Å². The van der Waals surface area contributed by atoms with Gasteiger partial charge in [-0.3, -0.25) is 4.79 Å². The zero-order valence-corrected chi connectivity index (χ0v) is 16.1. The molecule has 2 amide bonds. The van der Waals surface area contributed by atoms with Crippen molar-refractivity contribution in [2.45, 2.75) is 32.2 Å². The van der Waals surface area contributed by atoms with Gasteiger partial charge in [0.25, 0.3) is 0 Å². The van der Waals surface area contributed by atoms with Crippen molar-refractivity contribution in [3.05, 3.63) is 23.8 Å². The van der Waals surface area contributed by atoms with Gasteiger partial charge in [-0.25, -0.2) is 9.69 Å². The first-order valence-electron chi connectivity index (χ1n) is 9.33. The molecule has 0 radical (unpaired) electrons. The van der Waals surface area contributed by atoms with Gasteiger partial charge >= 0.3 is 6.09 Å². The van der Waals surface area contributed by atoms with Crippen LogP contribution in [0.5, 0.6) is 11.5 Å². The van der Waals surface area contributed by atoms with E-state index >= 15 is 0 Å². The van der Waals surface area contributed by atoms with Gasteiger partial charge in [-0.1, -0.05) is 13.0 Å². The van der Waals surface area contributed by atoms with Gasteiger partial charge < -0.3 is 18.9 Å². The number of piperidine rings is 1. The number of rotatable bonds is 8. The molecule has 0 aliphatic carbocycles. The summed E-state index contributed by atoms with van der Waals surface area (Å²) in [5.41, 5.74) is 0.980. The minimum Gasteiger partial charge on any atom is -0.493 e. The summed E-state index contributed by atoms with van der Waals surface area (Å²) in [4.78, 5) is 26.0. The van der Waals surface area contributed by atoms with Crippen LogP contribution in [0, 0.1) is 11.8 Å². The molecular formula is C20H27NO6. The number of cyclic esters (lactones) is 1. The number of hydrogen-bond donors (Lipinski definition) is 0. The number of nitrogens with zero attached hydrogens (tertiary/aromatic N) is 1. The molecule has 1 aromatic carbocycles. The molecule has 1 unspecified atom stereocenters. The Morgan fingerprint density at radius 3 is 2.74 bits per heavy atom. The van der Waals surface area contributed by atoms with Crippen molar-refractivity contribution in [3.8, 4) is 11.5 Å². The maximum Gasteiger partial charge on any atom is 0.416 e. The summed E-state index contributed by atoms with van der Waals surface area (Å²) < 4.78 is 21.3. The first-order chi connectivity index (χ1) is 13.0. The van der Waals surface area contributed by atoms with E-state index in [1.54, 1.807) is 14.2 Å². The lowest BCUT2D eigenvalue weighted by molar-refractivity contribution is -0.138. The maximum atomic E-state index is 12.8. The Labute approximate surface area is 159 Å². The van der Waals surface area contributed by atoms with Crippen LogP contribution in [0.25, 0.3) is 0 Å². The van der Waals surface area contributed by atoms with Crippen LogP contribution in [0.15, 0.2) is 18.2 Å². The number of ether oxygens (including phenoxy) is 4. The Hall–Kier alpha value is -2.28. The molecule has 2 fully saturated rings. The van der Waals surface area contributed by atoms with Gasteiger partial charge in [0.15, 0.2) is 11.5 Å². The fraction of sp³-hybridized carbons (Fsp3) is 0.600. The Kier molecular flexibility index (Phi) is 6.21. The first kappa shape index (κ1) is 19.5. The summed E-state index contributed by atoms with van der Waals surface area (Å²) in [5.74, 6) is 1.10. The van der Waals surface area contributed by atoms with Crippen molar-refractivity contribution in [2.75, 3.05) is 34.0 Å². The van der Waals surface area contributed by atoms with Gasteiger partial charge in [0.2, 0.25) is 5.91 Å². The van der Waals surface area contributed by atoms with E-state index in [0.29, 0.717) is 37.7 Å². The molecule has 2 heterocycles. The van der Waals surface area contributed by atoms with E-state index in [-0.39, 0.29) is 23.8 Å². The number of carbonyl (C=O) groups is 2. The molecule has 2 saturated heterocycles. The number of benzene rings is 1. The number of carbonyl (C=O) groups excluding carboxylic acids is 2. The summed E-state index contributed by atoms with van der Waals surface area (Å²) in [6.45, 7) is 3.52. The predicted molar refractivity (Wildman–Crippen MR) is 97.9 cm³/mol. The lowest BCUT2D eigenvalue weighted by Crippen LogP contribution is -2.50. The van der Waals surface area contributed by atoms with Crippen molar-refractivity contribution < 1.29 is 28.5 Å². The van der Waals surface area contributed by atoms with Crippen LogP contribution in [0.2, 0.25) is 0 Å². The van der Waals surface area contributed by atoms with Crippen LogP contribution in [-0.2, 0) is 20.7 Å². The second-order valence-corrected chi connectivity index (χ2v) is 7.14. The zero-order valence-electron chi connectivity index (χ0n) is 16.1. The van der Waals surface area contributed by atoms with E-state index in [0.717, 1.165) is 18.4 Å². The first-order valence-corrected chi connectivity index (χ1v) is 9.33. The third-order valence-electron chi connectivity index (χ3n) is 5.28. The highest BCUT2D eigenvalue weighted by atomic mass is 16.6. The van der Waals surface area contributed by atoms with Gasteiger partial charge in [-0.2, -0.15) is 0 Å². The fourth-order valence-electron chi connectivity index (χ4n) is 3.81. The molecule has 0 spiro atoms. The third kappa shape index (κ3) is 4.18. The summed E-state index contributed by atoms with van der Waals surface area (Å²) in [6, 6.07) is 5.59. The molecule has 2 aliphatic rings. The second kappa shape index (κ2) is 8.61. The minimum absolute atomic E-state index is 0.119. The Bertz CT molecular complexity index is 691. The Balaban J connectivity index is 1.72. The van der Waals surface area contributed by atoms with Crippen molar-refractivity contribution >= 4 is 12.0 Å². The highest BCUT2D eigenvalue weighted by Gasteiger charge is 2.47. The molecule has 0 aromatic heterocycles. The van der Waals surface area contributed by atoms with E-state index in [2.05, 4.69) is 6.92 Å². The average molecular weight is 377 g/mol. The lowest BCUT2D eigenvalue weighted by Gasteiger charge is -2.35. The monoisotopic (exact) mass is 377 g/mol. The SMILES string of the molecule is COCCCOc1cc(C[C@H]2C(=O)N3C(=O)OC[C@H]3CC2C)ccc1OC. The van der Waals surface area contributed by atoms with E-state index in [1.165, 1.54) is 4.90 Å². The van der Waals surface area contributed by atoms with Gasteiger partial charge in [0.1, 0.15) is 6.61 Å². The van der Waals surface area contributed by atoms with Crippen molar-refractivity contribution in [1.82, 2.24) is 4.90 Å². The molecule has 1 aromatic rings. The van der Waals surface area contributed by atoms with Crippen molar-refractivity contribution in [1.29, 1.82) is 0 Å². The highest BCUT2D eigenvalue weighted by molar-refractivity contribution is 5.95. The normalized spacial score (nSPS) is 24.6. The molecule has 7 heteroatoms. The van der Waals surface area contributed by atoms with Crippen LogP contribution < -0.4 is 9.47 Å². The van der Waals surface area contributed by atoms with Crippen LogP contribution in [0.4, 0.5) is 4.79 Å². The molecule has 2 aliphatic heterocycles. The number of hydrogen-bond acceptors (Lipinski definition) is 6.